The van der Waals surface area contributed by atoms with E-state index in [0.717, 1.165) is 22.3 Å². The molecule has 0 atom stereocenters. The van der Waals surface area contributed by atoms with E-state index in [4.69, 9.17) is 5.73 Å². The van der Waals surface area contributed by atoms with Gasteiger partial charge in [-0.3, -0.25) is 14.7 Å². The number of amides is 1. The van der Waals surface area contributed by atoms with Gasteiger partial charge in [-0.15, -0.1) is 0 Å². The molecule has 2 N–H and O–H groups in total. The van der Waals surface area contributed by atoms with E-state index in [-0.39, 0.29) is 12.3 Å². The Morgan fingerprint density at radius 2 is 2.00 bits per heavy atom. The fourth-order valence-corrected chi connectivity index (χ4v) is 3.03. The highest BCUT2D eigenvalue weighted by atomic mass is 16.2. The first-order chi connectivity index (χ1) is 11.6. The molecule has 6 heteroatoms. The van der Waals surface area contributed by atoms with Crippen molar-refractivity contribution in [3.05, 3.63) is 52.9 Å². The van der Waals surface area contributed by atoms with Gasteiger partial charge in [-0.1, -0.05) is 30.3 Å². The average molecular weight is 319 g/mol. The van der Waals surface area contributed by atoms with Crippen LogP contribution in [0.5, 0.6) is 0 Å². The molecule has 6 nitrogen and oxygen atoms in total. The number of rotatable bonds is 3. The molecular formula is C18H17N5O. The molecule has 0 fully saturated rings. The van der Waals surface area contributed by atoms with Crippen LogP contribution in [0.3, 0.4) is 0 Å². The lowest BCUT2D eigenvalue weighted by Gasteiger charge is -2.17. The molecule has 3 heterocycles. The van der Waals surface area contributed by atoms with Crippen molar-refractivity contribution < 1.29 is 4.79 Å². The van der Waals surface area contributed by atoms with E-state index < -0.39 is 0 Å². The summed E-state index contributed by atoms with van der Waals surface area (Å²) in [5, 5.41) is 0. The molecule has 0 saturated carbocycles. The van der Waals surface area contributed by atoms with Gasteiger partial charge < -0.3 is 5.73 Å². The number of fused-ring (bicyclic) bond motifs is 1. The minimum atomic E-state index is 0.000349. The molecule has 1 aromatic heterocycles. The minimum Gasteiger partial charge on any atom is -0.383 e. The van der Waals surface area contributed by atoms with Crippen molar-refractivity contribution in [1.29, 1.82) is 0 Å². The Hall–Kier alpha value is -3.02. The molecule has 0 saturated heterocycles. The predicted molar refractivity (Wildman–Crippen MR) is 93.7 cm³/mol. The highest BCUT2D eigenvalue weighted by Gasteiger charge is 2.32. The zero-order valence-electron chi connectivity index (χ0n) is 13.4. The summed E-state index contributed by atoms with van der Waals surface area (Å²) in [4.78, 5) is 27.4. The third-order valence-corrected chi connectivity index (χ3v) is 4.37. The molecule has 0 radical (unpaired) electrons. The maximum absolute atomic E-state index is 12.5. The predicted octanol–water partition coefficient (Wildman–Crippen LogP) is 2.01. The normalized spacial score (nSPS) is 16.2. The van der Waals surface area contributed by atoms with E-state index in [2.05, 4.69) is 15.0 Å². The van der Waals surface area contributed by atoms with Gasteiger partial charge in [0.2, 0.25) is 5.91 Å². The van der Waals surface area contributed by atoms with Crippen molar-refractivity contribution in [3.63, 3.8) is 0 Å². The van der Waals surface area contributed by atoms with Crippen LogP contribution in [-0.4, -0.2) is 28.6 Å². The fraction of sp³-hybridized carbons (Fsp3) is 0.222. The third kappa shape index (κ3) is 2.36. The molecule has 0 spiro atoms. The highest BCUT2D eigenvalue weighted by molar-refractivity contribution is 6.02. The van der Waals surface area contributed by atoms with Gasteiger partial charge in [-0.05, 0) is 18.1 Å². The summed E-state index contributed by atoms with van der Waals surface area (Å²) in [7, 11) is 0. The zero-order valence-corrected chi connectivity index (χ0v) is 13.4. The maximum atomic E-state index is 12.5. The number of nitrogens with zero attached hydrogens (tertiary/aromatic N) is 4. The summed E-state index contributed by atoms with van der Waals surface area (Å²) in [6.45, 7) is 3.01. The van der Waals surface area contributed by atoms with Gasteiger partial charge >= 0.3 is 0 Å². The molecule has 0 unspecified atom stereocenters. The van der Waals surface area contributed by atoms with Gasteiger partial charge in [0, 0.05) is 17.4 Å². The molecule has 0 aliphatic carbocycles. The number of nitrogens with two attached hydrogens (primary N) is 1. The van der Waals surface area contributed by atoms with Crippen molar-refractivity contribution in [2.75, 3.05) is 17.2 Å². The number of aliphatic imine (C=N–C) groups is 1. The zero-order chi connectivity index (χ0) is 16.7. The van der Waals surface area contributed by atoms with Gasteiger partial charge in [-0.25, -0.2) is 9.97 Å². The second-order valence-electron chi connectivity index (χ2n) is 6.01. The summed E-state index contributed by atoms with van der Waals surface area (Å²) in [6.07, 6.45) is 2.07. The summed E-state index contributed by atoms with van der Waals surface area (Å²) in [5.74, 6) is 1.57. The van der Waals surface area contributed by atoms with Crippen molar-refractivity contribution in [1.82, 2.24) is 9.97 Å². The molecule has 2 aromatic rings. The molecule has 2 aliphatic rings. The first-order valence-electron chi connectivity index (χ1n) is 7.84. The van der Waals surface area contributed by atoms with E-state index in [1.54, 1.807) is 4.90 Å². The molecule has 120 valence electrons. The van der Waals surface area contributed by atoms with Crippen molar-refractivity contribution in [3.8, 4) is 0 Å². The molecule has 4 rings (SSSR count). The van der Waals surface area contributed by atoms with E-state index in [1.165, 1.54) is 0 Å². The Labute approximate surface area is 139 Å². The summed E-state index contributed by atoms with van der Waals surface area (Å²) < 4.78 is 0. The third-order valence-electron chi connectivity index (χ3n) is 4.37. The second kappa shape index (κ2) is 5.56. The SMILES string of the molecule is CC1=C(c2nc(N)c3c(n2)N(Cc2ccccc2)C(=O)C3)CN=C1. The van der Waals surface area contributed by atoms with Crippen LogP contribution < -0.4 is 10.6 Å². The number of carbonyl (C=O) groups is 1. The first-order valence-corrected chi connectivity index (χ1v) is 7.84. The fourth-order valence-electron chi connectivity index (χ4n) is 3.03. The lowest BCUT2D eigenvalue weighted by molar-refractivity contribution is -0.117. The summed E-state index contributed by atoms with van der Waals surface area (Å²) >= 11 is 0. The van der Waals surface area contributed by atoms with Crippen LogP contribution in [0, 0.1) is 0 Å². The van der Waals surface area contributed by atoms with E-state index >= 15 is 0 Å². The van der Waals surface area contributed by atoms with Gasteiger partial charge in [-0.2, -0.15) is 0 Å². The van der Waals surface area contributed by atoms with Crippen LogP contribution in [0.15, 0.2) is 40.9 Å². The Balaban J connectivity index is 1.75. The minimum absolute atomic E-state index is 0.000349. The van der Waals surface area contributed by atoms with Gasteiger partial charge in [0.15, 0.2) is 5.82 Å². The monoisotopic (exact) mass is 319 g/mol. The Morgan fingerprint density at radius 1 is 1.21 bits per heavy atom. The van der Waals surface area contributed by atoms with Crippen LogP contribution in [0.1, 0.15) is 23.9 Å². The molecule has 0 bridgehead atoms. The first kappa shape index (κ1) is 14.6. The van der Waals surface area contributed by atoms with E-state index in [9.17, 15) is 4.79 Å². The number of hydrogen-bond donors (Lipinski definition) is 1. The van der Waals surface area contributed by atoms with Crippen molar-refractivity contribution >= 4 is 29.3 Å². The smallest absolute Gasteiger partial charge is 0.233 e. The lowest BCUT2D eigenvalue weighted by atomic mass is 10.1. The van der Waals surface area contributed by atoms with Gasteiger partial charge in [0.05, 0.1) is 19.5 Å². The molecule has 24 heavy (non-hydrogen) atoms. The Bertz CT molecular complexity index is 886. The Kier molecular flexibility index (Phi) is 3.37. The molecule has 1 aromatic carbocycles. The lowest BCUT2D eigenvalue weighted by Crippen LogP contribution is -2.26. The topological polar surface area (TPSA) is 84.5 Å². The number of allylic oxidation sites excluding steroid dienone is 1. The number of hydrogen-bond acceptors (Lipinski definition) is 5. The van der Waals surface area contributed by atoms with Crippen LogP contribution in [0.2, 0.25) is 0 Å². The van der Waals surface area contributed by atoms with Crippen molar-refractivity contribution in [2.24, 2.45) is 4.99 Å². The summed E-state index contributed by atoms with van der Waals surface area (Å²) in [5.41, 5.74) is 9.88. The quantitative estimate of drug-likeness (QED) is 0.938. The number of aromatic nitrogens is 2. The van der Waals surface area contributed by atoms with Gasteiger partial charge in [0.25, 0.3) is 0 Å². The molecule has 1 amide bonds. The van der Waals surface area contributed by atoms with Crippen LogP contribution in [0.4, 0.5) is 11.6 Å². The van der Waals surface area contributed by atoms with Gasteiger partial charge in [0.1, 0.15) is 11.6 Å². The number of benzene rings is 1. The number of carbonyl (C=O) groups excluding carboxylic acids is 1. The van der Waals surface area contributed by atoms with Crippen molar-refractivity contribution in [2.45, 2.75) is 19.9 Å². The molecule has 2 aliphatic heterocycles. The number of anilines is 2. The number of nitrogen functional groups attached to an aromatic ring is 1. The van der Waals surface area contributed by atoms with Crippen LogP contribution in [0.25, 0.3) is 5.57 Å². The average Bonchev–Trinajstić information content (AvgIpc) is 3.13. The van der Waals surface area contributed by atoms with Crippen LogP contribution >= 0.6 is 0 Å². The maximum Gasteiger partial charge on any atom is 0.233 e. The van der Waals surface area contributed by atoms with Crippen LogP contribution in [-0.2, 0) is 17.8 Å². The largest absolute Gasteiger partial charge is 0.383 e. The Morgan fingerprint density at radius 3 is 2.71 bits per heavy atom. The summed E-state index contributed by atoms with van der Waals surface area (Å²) in [6, 6.07) is 9.86. The highest BCUT2D eigenvalue weighted by Crippen LogP contribution is 2.33. The molecular weight excluding hydrogens is 302 g/mol. The van der Waals surface area contributed by atoms with E-state index in [0.29, 0.717) is 30.5 Å². The standard InChI is InChI=1S/C18H17N5O/c1-11-8-20-9-14(11)17-21-16(19)13-7-15(24)23(18(13)22-17)10-12-5-3-2-4-6-12/h2-6,8H,7,9-10H2,1H3,(H2,19,21,22). The second-order valence-corrected chi connectivity index (χ2v) is 6.01. The van der Waals surface area contributed by atoms with E-state index in [1.807, 2.05) is 43.5 Å².